The summed E-state index contributed by atoms with van der Waals surface area (Å²) in [4.78, 5) is 51.6. The van der Waals surface area contributed by atoms with Crippen LogP contribution >= 0.6 is 0 Å². The molecule has 2 aliphatic rings. The van der Waals surface area contributed by atoms with Crippen molar-refractivity contribution < 1.29 is 23.9 Å². The largest absolute Gasteiger partial charge is 0.452 e. The normalized spacial score (nSPS) is 16.1. The number of benzene rings is 2. The van der Waals surface area contributed by atoms with Gasteiger partial charge in [0, 0.05) is 11.7 Å². The van der Waals surface area contributed by atoms with Gasteiger partial charge in [-0.3, -0.25) is 19.3 Å². The molecule has 3 amide bonds. The molecular formula is C25H26N2O5. The molecule has 1 aliphatic carbocycles. The number of fused-ring (bicyclic) bond motifs is 1. The highest BCUT2D eigenvalue weighted by Crippen LogP contribution is 2.31. The van der Waals surface area contributed by atoms with E-state index in [0.29, 0.717) is 11.3 Å². The predicted octanol–water partition coefficient (Wildman–Crippen LogP) is 4.03. The Morgan fingerprint density at radius 1 is 0.938 bits per heavy atom. The maximum absolute atomic E-state index is 12.9. The first-order valence-corrected chi connectivity index (χ1v) is 10.9. The third-order valence-electron chi connectivity index (χ3n) is 6.22. The molecule has 0 bridgehead atoms. The number of imide groups is 1. The van der Waals surface area contributed by atoms with Crippen LogP contribution in [0.25, 0.3) is 0 Å². The van der Waals surface area contributed by atoms with Crippen molar-refractivity contribution in [2.45, 2.75) is 52.0 Å². The average Bonchev–Trinajstić information content (AvgIpc) is 3.04. The van der Waals surface area contributed by atoms with E-state index in [2.05, 4.69) is 5.32 Å². The Morgan fingerprint density at radius 3 is 2.38 bits per heavy atom. The van der Waals surface area contributed by atoms with Crippen molar-refractivity contribution in [3.05, 3.63) is 64.2 Å². The summed E-state index contributed by atoms with van der Waals surface area (Å²) in [6.07, 6.45) is 4.75. The monoisotopic (exact) mass is 434 g/mol. The number of carbonyl (C=O) groups is 4. The van der Waals surface area contributed by atoms with Gasteiger partial charge in [-0.25, -0.2) is 4.79 Å². The van der Waals surface area contributed by atoms with Crippen molar-refractivity contribution in [1.29, 1.82) is 0 Å². The van der Waals surface area contributed by atoms with Gasteiger partial charge in [0.1, 0.15) is 0 Å². The van der Waals surface area contributed by atoms with Gasteiger partial charge in [0.15, 0.2) is 6.61 Å². The summed E-state index contributed by atoms with van der Waals surface area (Å²) in [7, 11) is 0. The zero-order chi connectivity index (χ0) is 22.8. The SMILES string of the molecule is Cc1ccc(NC(=O)COC(=O)c2ccc3c(c2)C(=O)N(C2CCCCC2)C3=O)cc1C. The molecule has 0 aromatic heterocycles. The van der Waals surface area contributed by atoms with E-state index in [-0.39, 0.29) is 29.0 Å². The topological polar surface area (TPSA) is 92.8 Å². The van der Waals surface area contributed by atoms with E-state index in [0.717, 1.165) is 43.2 Å². The number of aryl methyl sites for hydroxylation is 2. The minimum absolute atomic E-state index is 0.0827. The second kappa shape index (κ2) is 8.94. The Morgan fingerprint density at radius 2 is 1.66 bits per heavy atom. The van der Waals surface area contributed by atoms with E-state index in [9.17, 15) is 19.2 Å². The van der Waals surface area contributed by atoms with Crippen molar-refractivity contribution in [1.82, 2.24) is 4.90 Å². The molecule has 4 rings (SSSR count). The van der Waals surface area contributed by atoms with Gasteiger partial charge < -0.3 is 10.1 Å². The summed E-state index contributed by atoms with van der Waals surface area (Å²) in [5.74, 6) is -1.85. The van der Waals surface area contributed by atoms with Crippen LogP contribution < -0.4 is 5.32 Å². The standard InChI is InChI=1S/C25H26N2O5/c1-15-8-10-18(12-16(15)2)26-22(28)14-32-25(31)17-9-11-20-21(13-17)24(30)27(23(20)29)19-6-4-3-5-7-19/h8-13,19H,3-7,14H2,1-2H3,(H,26,28). The molecule has 32 heavy (non-hydrogen) atoms. The van der Waals surface area contributed by atoms with Crippen molar-refractivity contribution in [2.75, 3.05) is 11.9 Å². The van der Waals surface area contributed by atoms with Crippen LogP contribution in [0.1, 0.15) is 74.3 Å². The van der Waals surface area contributed by atoms with Gasteiger partial charge in [-0.2, -0.15) is 0 Å². The third kappa shape index (κ3) is 4.28. The molecule has 1 saturated carbocycles. The molecule has 2 aromatic carbocycles. The molecular weight excluding hydrogens is 408 g/mol. The van der Waals surface area contributed by atoms with Crippen LogP contribution in [0.3, 0.4) is 0 Å². The Balaban J connectivity index is 1.40. The Bertz CT molecular complexity index is 1100. The van der Waals surface area contributed by atoms with E-state index in [1.54, 1.807) is 6.07 Å². The lowest BCUT2D eigenvalue weighted by atomic mass is 9.94. The van der Waals surface area contributed by atoms with Crippen LogP contribution in [0.4, 0.5) is 5.69 Å². The summed E-state index contributed by atoms with van der Waals surface area (Å²) >= 11 is 0. The number of rotatable bonds is 5. The first-order chi connectivity index (χ1) is 15.3. The zero-order valence-corrected chi connectivity index (χ0v) is 18.3. The fraction of sp³-hybridized carbons (Fsp3) is 0.360. The number of amides is 3. The van der Waals surface area contributed by atoms with Crippen LogP contribution in [0.15, 0.2) is 36.4 Å². The lowest BCUT2D eigenvalue weighted by Gasteiger charge is -2.29. The number of hydrogen-bond donors (Lipinski definition) is 1. The number of nitrogens with zero attached hydrogens (tertiary/aromatic N) is 1. The van der Waals surface area contributed by atoms with E-state index in [4.69, 9.17) is 4.74 Å². The fourth-order valence-corrected chi connectivity index (χ4v) is 4.29. The van der Waals surface area contributed by atoms with Crippen molar-refractivity contribution in [2.24, 2.45) is 0 Å². The second-order valence-electron chi connectivity index (χ2n) is 8.46. The molecule has 1 heterocycles. The molecule has 7 heteroatoms. The highest BCUT2D eigenvalue weighted by Gasteiger charge is 2.40. The minimum atomic E-state index is -0.723. The maximum atomic E-state index is 12.9. The number of ether oxygens (including phenoxy) is 1. The van der Waals surface area contributed by atoms with Gasteiger partial charge in [0.2, 0.25) is 0 Å². The van der Waals surface area contributed by atoms with E-state index in [1.807, 2.05) is 26.0 Å². The first-order valence-electron chi connectivity index (χ1n) is 10.9. The number of anilines is 1. The Labute approximate surface area is 186 Å². The van der Waals surface area contributed by atoms with Crippen molar-refractivity contribution in [3.8, 4) is 0 Å². The van der Waals surface area contributed by atoms with Gasteiger partial charge in [-0.15, -0.1) is 0 Å². The van der Waals surface area contributed by atoms with E-state index < -0.39 is 18.5 Å². The molecule has 0 atom stereocenters. The number of nitrogens with one attached hydrogen (secondary N) is 1. The van der Waals surface area contributed by atoms with Crippen LogP contribution in [0.2, 0.25) is 0 Å². The molecule has 1 aliphatic heterocycles. The Hall–Kier alpha value is -3.48. The van der Waals surface area contributed by atoms with Gasteiger partial charge in [-0.05, 0) is 68.1 Å². The smallest absolute Gasteiger partial charge is 0.338 e. The molecule has 166 valence electrons. The third-order valence-corrected chi connectivity index (χ3v) is 6.22. The van der Waals surface area contributed by atoms with E-state index >= 15 is 0 Å². The van der Waals surface area contributed by atoms with Crippen LogP contribution in [0, 0.1) is 13.8 Å². The molecule has 0 unspecified atom stereocenters. The number of hydrogen-bond acceptors (Lipinski definition) is 5. The maximum Gasteiger partial charge on any atom is 0.338 e. The molecule has 7 nitrogen and oxygen atoms in total. The second-order valence-corrected chi connectivity index (χ2v) is 8.46. The number of esters is 1. The molecule has 0 saturated heterocycles. The molecule has 1 N–H and O–H groups in total. The summed E-state index contributed by atoms with van der Waals surface area (Å²) in [5, 5.41) is 2.69. The lowest BCUT2D eigenvalue weighted by molar-refractivity contribution is -0.119. The summed E-state index contributed by atoms with van der Waals surface area (Å²) in [6.45, 7) is 3.47. The Kier molecular flexibility index (Phi) is 6.08. The van der Waals surface area contributed by atoms with Gasteiger partial charge in [0.05, 0.1) is 16.7 Å². The quantitative estimate of drug-likeness (QED) is 0.567. The predicted molar refractivity (Wildman–Crippen MR) is 119 cm³/mol. The molecule has 2 aromatic rings. The summed E-state index contributed by atoms with van der Waals surface area (Å²) in [6, 6.07) is 9.78. The highest BCUT2D eigenvalue weighted by atomic mass is 16.5. The average molecular weight is 434 g/mol. The van der Waals surface area contributed by atoms with Crippen LogP contribution in [0.5, 0.6) is 0 Å². The summed E-state index contributed by atoms with van der Waals surface area (Å²) < 4.78 is 5.12. The lowest BCUT2D eigenvalue weighted by Crippen LogP contribution is -2.40. The van der Waals surface area contributed by atoms with Gasteiger partial charge in [0.25, 0.3) is 17.7 Å². The zero-order valence-electron chi connectivity index (χ0n) is 18.3. The van der Waals surface area contributed by atoms with Crippen molar-refractivity contribution >= 4 is 29.4 Å². The van der Waals surface area contributed by atoms with Crippen molar-refractivity contribution in [3.63, 3.8) is 0 Å². The van der Waals surface area contributed by atoms with E-state index in [1.165, 1.54) is 23.1 Å². The summed E-state index contributed by atoms with van der Waals surface area (Å²) in [5.41, 5.74) is 3.44. The van der Waals surface area contributed by atoms with Crippen LogP contribution in [-0.2, 0) is 9.53 Å². The first kappa shape index (κ1) is 21.7. The van der Waals surface area contributed by atoms with Gasteiger partial charge >= 0.3 is 5.97 Å². The fourth-order valence-electron chi connectivity index (χ4n) is 4.29. The molecule has 0 radical (unpaired) electrons. The van der Waals surface area contributed by atoms with Gasteiger partial charge in [-0.1, -0.05) is 25.3 Å². The molecule has 1 fully saturated rings. The molecule has 0 spiro atoms. The highest BCUT2D eigenvalue weighted by molar-refractivity contribution is 6.22. The minimum Gasteiger partial charge on any atom is -0.452 e. The number of carbonyl (C=O) groups excluding carboxylic acids is 4. The van der Waals surface area contributed by atoms with Crippen LogP contribution in [-0.4, -0.2) is 41.2 Å².